The smallest absolute Gasteiger partial charge is 0.256 e. The van der Waals surface area contributed by atoms with E-state index in [2.05, 4.69) is 10.0 Å². The molecule has 2 aromatic carbocycles. The highest BCUT2D eigenvalue weighted by Gasteiger charge is 2.28. The van der Waals surface area contributed by atoms with Crippen LogP contribution in [-0.4, -0.2) is 53.5 Å². The topological polar surface area (TPSA) is 53.0 Å². The van der Waals surface area contributed by atoms with Crippen LogP contribution in [0.25, 0.3) is 0 Å². The zero-order valence-corrected chi connectivity index (χ0v) is 16.0. The van der Waals surface area contributed by atoms with E-state index in [0.29, 0.717) is 13.1 Å². The highest BCUT2D eigenvalue weighted by molar-refractivity contribution is 6.02. The molecule has 4 rings (SSSR count). The maximum Gasteiger partial charge on any atom is 0.256 e. The molecule has 0 radical (unpaired) electrons. The number of carbonyl (C=O) groups is 2. The van der Waals surface area contributed by atoms with E-state index in [1.54, 1.807) is 5.01 Å². The highest BCUT2D eigenvalue weighted by Crippen LogP contribution is 2.22. The van der Waals surface area contributed by atoms with Crippen LogP contribution >= 0.6 is 0 Å². The molecule has 0 bridgehead atoms. The van der Waals surface area contributed by atoms with E-state index in [1.807, 2.05) is 60.7 Å². The maximum atomic E-state index is 12.6. The number of rotatable bonds is 5. The van der Waals surface area contributed by atoms with Gasteiger partial charge in [0, 0.05) is 17.9 Å². The number of piperidine rings is 1. The first kappa shape index (κ1) is 18.6. The van der Waals surface area contributed by atoms with Gasteiger partial charge < -0.3 is 0 Å². The van der Waals surface area contributed by atoms with Gasteiger partial charge in [-0.2, -0.15) is 5.10 Å². The lowest BCUT2D eigenvalue weighted by Gasteiger charge is -2.31. The SMILES string of the molecule is O=C(c1ccccc1)C1CCN(CC(=O)N2CCC(c3ccccc3)=N2)CC1. The molecule has 5 nitrogen and oxygen atoms in total. The van der Waals surface area contributed by atoms with Crippen molar-refractivity contribution in [1.29, 1.82) is 0 Å². The van der Waals surface area contributed by atoms with E-state index in [1.165, 1.54) is 0 Å². The maximum absolute atomic E-state index is 12.6. The van der Waals surface area contributed by atoms with Gasteiger partial charge in [0.1, 0.15) is 0 Å². The molecule has 144 valence electrons. The van der Waals surface area contributed by atoms with E-state index in [9.17, 15) is 9.59 Å². The third kappa shape index (κ3) is 4.20. The second kappa shape index (κ2) is 8.48. The van der Waals surface area contributed by atoms with Crippen molar-refractivity contribution in [3.63, 3.8) is 0 Å². The lowest BCUT2D eigenvalue weighted by Crippen LogP contribution is -2.42. The molecule has 2 aromatic rings. The van der Waals surface area contributed by atoms with Crippen LogP contribution in [0.2, 0.25) is 0 Å². The van der Waals surface area contributed by atoms with Gasteiger partial charge in [0.25, 0.3) is 5.91 Å². The predicted octanol–water partition coefficient (Wildman–Crippen LogP) is 3.22. The molecule has 0 aliphatic carbocycles. The quantitative estimate of drug-likeness (QED) is 0.754. The summed E-state index contributed by atoms with van der Waals surface area (Å²) >= 11 is 0. The van der Waals surface area contributed by atoms with Gasteiger partial charge in [-0.3, -0.25) is 14.5 Å². The Hall–Kier alpha value is -2.79. The Labute approximate surface area is 165 Å². The van der Waals surface area contributed by atoms with Crippen molar-refractivity contribution in [3.8, 4) is 0 Å². The average molecular weight is 375 g/mol. The molecule has 0 aromatic heterocycles. The molecule has 1 saturated heterocycles. The molecule has 0 atom stereocenters. The summed E-state index contributed by atoms with van der Waals surface area (Å²) in [5, 5.41) is 6.13. The highest BCUT2D eigenvalue weighted by atomic mass is 16.2. The van der Waals surface area contributed by atoms with Crippen LogP contribution in [0.5, 0.6) is 0 Å². The molecule has 2 heterocycles. The Balaban J connectivity index is 1.29. The third-order valence-electron chi connectivity index (χ3n) is 5.57. The summed E-state index contributed by atoms with van der Waals surface area (Å²) in [6, 6.07) is 19.5. The molecule has 1 fully saturated rings. The van der Waals surface area contributed by atoms with Crippen LogP contribution in [0, 0.1) is 5.92 Å². The first-order valence-corrected chi connectivity index (χ1v) is 9.95. The summed E-state index contributed by atoms with van der Waals surface area (Å²) in [5.74, 6) is 0.324. The first-order chi connectivity index (χ1) is 13.7. The standard InChI is InChI=1S/C23H25N3O2/c27-22(26-16-13-21(24-26)18-7-3-1-4-8-18)17-25-14-11-20(12-15-25)23(28)19-9-5-2-6-10-19/h1-10,20H,11-17H2. The third-order valence-corrected chi connectivity index (χ3v) is 5.57. The molecular formula is C23H25N3O2. The molecule has 0 unspecified atom stereocenters. The monoisotopic (exact) mass is 375 g/mol. The molecular weight excluding hydrogens is 350 g/mol. The van der Waals surface area contributed by atoms with Crippen molar-refractivity contribution < 1.29 is 9.59 Å². The minimum absolute atomic E-state index is 0.0405. The second-order valence-corrected chi connectivity index (χ2v) is 7.46. The van der Waals surface area contributed by atoms with Crippen LogP contribution < -0.4 is 0 Å². The second-order valence-electron chi connectivity index (χ2n) is 7.46. The number of carbonyl (C=O) groups excluding carboxylic acids is 2. The van der Waals surface area contributed by atoms with Crippen molar-refractivity contribution in [2.75, 3.05) is 26.2 Å². The minimum atomic E-state index is 0.0405. The predicted molar refractivity (Wildman–Crippen MR) is 109 cm³/mol. The number of hydrogen-bond acceptors (Lipinski definition) is 4. The molecule has 1 amide bonds. The Morgan fingerprint density at radius 3 is 2.21 bits per heavy atom. The summed E-state index contributed by atoms with van der Waals surface area (Å²) in [4.78, 5) is 27.4. The van der Waals surface area contributed by atoms with Crippen molar-refractivity contribution in [1.82, 2.24) is 9.91 Å². The van der Waals surface area contributed by atoms with Crippen LogP contribution in [0.4, 0.5) is 0 Å². The zero-order chi connectivity index (χ0) is 19.3. The number of hydrazone groups is 1. The summed E-state index contributed by atoms with van der Waals surface area (Å²) in [6.45, 7) is 2.57. The van der Waals surface area contributed by atoms with Crippen LogP contribution in [-0.2, 0) is 4.79 Å². The van der Waals surface area contributed by atoms with Crippen molar-refractivity contribution in [2.45, 2.75) is 19.3 Å². The number of ketones is 1. The average Bonchev–Trinajstić information content (AvgIpc) is 3.26. The van der Waals surface area contributed by atoms with Crippen LogP contribution in [0.3, 0.4) is 0 Å². The molecule has 2 aliphatic rings. The van der Waals surface area contributed by atoms with E-state index >= 15 is 0 Å². The largest absolute Gasteiger partial charge is 0.294 e. The van der Waals surface area contributed by atoms with Gasteiger partial charge in [0.2, 0.25) is 0 Å². The van der Waals surface area contributed by atoms with E-state index < -0.39 is 0 Å². The van der Waals surface area contributed by atoms with Crippen molar-refractivity contribution in [2.24, 2.45) is 11.0 Å². The van der Waals surface area contributed by atoms with E-state index in [4.69, 9.17) is 0 Å². The molecule has 5 heteroatoms. The fourth-order valence-corrected chi connectivity index (χ4v) is 3.93. The van der Waals surface area contributed by atoms with E-state index in [-0.39, 0.29) is 17.6 Å². The fourth-order valence-electron chi connectivity index (χ4n) is 3.93. The Bertz CT molecular complexity index is 856. The van der Waals surface area contributed by atoms with E-state index in [0.717, 1.165) is 49.2 Å². The molecule has 0 saturated carbocycles. The fraction of sp³-hybridized carbons (Fsp3) is 0.348. The van der Waals surface area contributed by atoms with Crippen molar-refractivity contribution >= 4 is 17.4 Å². The van der Waals surface area contributed by atoms with Gasteiger partial charge in [0.05, 0.1) is 18.8 Å². The van der Waals surface area contributed by atoms with Gasteiger partial charge in [-0.15, -0.1) is 0 Å². The number of likely N-dealkylation sites (tertiary alicyclic amines) is 1. The normalized spacial score (nSPS) is 18.1. The number of amides is 1. The first-order valence-electron chi connectivity index (χ1n) is 9.95. The molecule has 0 spiro atoms. The van der Waals surface area contributed by atoms with Gasteiger partial charge in [-0.25, -0.2) is 5.01 Å². The number of Topliss-reactive ketones (excluding diaryl/α,β-unsaturated/α-hetero) is 1. The summed E-state index contributed by atoms with van der Waals surface area (Å²) in [6.07, 6.45) is 2.41. The summed E-state index contributed by atoms with van der Waals surface area (Å²) in [7, 11) is 0. The number of hydrogen-bond donors (Lipinski definition) is 0. The van der Waals surface area contributed by atoms with Gasteiger partial charge >= 0.3 is 0 Å². The van der Waals surface area contributed by atoms with Gasteiger partial charge in [0.15, 0.2) is 5.78 Å². The van der Waals surface area contributed by atoms with Crippen LogP contribution in [0.15, 0.2) is 65.8 Å². The van der Waals surface area contributed by atoms with Gasteiger partial charge in [-0.1, -0.05) is 60.7 Å². The number of benzene rings is 2. The number of nitrogens with zero attached hydrogens (tertiary/aromatic N) is 3. The molecule has 28 heavy (non-hydrogen) atoms. The summed E-state index contributed by atoms with van der Waals surface area (Å²) < 4.78 is 0. The zero-order valence-electron chi connectivity index (χ0n) is 16.0. The summed E-state index contributed by atoms with van der Waals surface area (Å²) in [5.41, 5.74) is 2.84. The van der Waals surface area contributed by atoms with Gasteiger partial charge in [-0.05, 0) is 31.5 Å². The van der Waals surface area contributed by atoms with Crippen LogP contribution in [0.1, 0.15) is 35.2 Å². The lowest BCUT2D eigenvalue weighted by atomic mass is 9.89. The Kier molecular flexibility index (Phi) is 5.63. The Morgan fingerprint density at radius 2 is 1.54 bits per heavy atom. The van der Waals surface area contributed by atoms with Crippen molar-refractivity contribution in [3.05, 3.63) is 71.8 Å². The molecule has 0 N–H and O–H groups in total. The minimum Gasteiger partial charge on any atom is -0.294 e. The molecule has 2 aliphatic heterocycles. The Morgan fingerprint density at radius 1 is 0.893 bits per heavy atom. The lowest BCUT2D eigenvalue weighted by molar-refractivity contribution is -0.132.